The van der Waals surface area contributed by atoms with Gasteiger partial charge < -0.3 is 10.7 Å². The van der Waals surface area contributed by atoms with Crippen LogP contribution in [-0.4, -0.2) is 4.98 Å². The van der Waals surface area contributed by atoms with E-state index in [1.165, 1.54) is 31.4 Å². The normalized spacial score (nSPS) is 19.8. The molecule has 3 heteroatoms. The van der Waals surface area contributed by atoms with Crippen LogP contribution in [0.3, 0.4) is 0 Å². The lowest BCUT2D eigenvalue weighted by Crippen LogP contribution is -2.19. The zero-order valence-electron chi connectivity index (χ0n) is 7.70. The summed E-state index contributed by atoms with van der Waals surface area (Å²) in [6.45, 7) is 0. The van der Waals surface area contributed by atoms with Crippen LogP contribution in [0.4, 0.5) is 0 Å². The van der Waals surface area contributed by atoms with Gasteiger partial charge >= 0.3 is 0 Å². The summed E-state index contributed by atoms with van der Waals surface area (Å²) in [5, 5.41) is 0. The molecule has 2 rings (SSSR count). The summed E-state index contributed by atoms with van der Waals surface area (Å²) >= 11 is 0. The summed E-state index contributed by atoms with van der Waals surface area (Å²) in [6.07, 6.45) is 7.28. The van der Waals surface area contributed by atoms with E-state index in [0.29, 0.717) is 5.92 Å². The quantitative estimate of drug-likeness (QED) is 0.757. The van der Waals surface area contributed by atoms with Crippen molar-refractivity contribution in [2.75, 3.05) is 0 Å². The van der Waals surface area contributed by atoms with Gasteiger partial charge in [0, 0.05) is 17.9 Å². The third-order valence-electron chi connectivity index (χ3n) is 2.89. The molecule has 0 radical (unpaired) electrons. The Hall–Kier alpha value is -0.470. The lowest BCUT2D eigenvalue weighted by Gasteiger charge is -2.16. The van der Waals surface area contributed by atoms with E-state index in [0.717, 1.165) is 0 Å². The molecule has 1 aliphatic rings. The van der Waals surface area contributed by atoms with Crippen LogP contribution < -0.4 is 5.73 Å². The predicted octanol–water partition coefficient (Wildman–Crippen LogP) is 2.63. The van der Waals surface area contributed by atoms with Gasteiger partial charge in [-0.1, -0.05) is 12.8 Å². The van der Waals surface area contributed by atoms with Gasteiger partial charge in [-0.05, 0) is 30.9 Å². The molecule has 0 saturated heterocycles. The van der Waals surface area contributed by atoms with Crippen LogP contribution in [0.25, 0.3) is 0 Å². The lowest BCUT2D eigenvalue weighted by molar-refractivity contribution is 0.438. The molecule has 1 saturated carbocycles. The minimum atomic E-state index is 0. The van der Waals surface area contributed by atoms with Crippen molar-refractivity contribution in [3.63, 3.8) is 0 Å². The Morgan fingerprint density at radius 1 is 1.38 bits per heavy atom. The van der Waals surface area contributed by atoms with Crippen LogP contribution in [0, 0.1) is 5.92 Å². The smallest absolute Gasteiger partial charge is 0.0476 e. The molecule has 1 atom stereocenters. The highest BCUT2D eigenvalue weighted by Crippen LogP contribution is 2.33. The van der Waals surface area contributed by atoms with Crippen molar-refractivity contribution in [2.24, 2.45) is 11.7 Å². The molecule has 0 aliphatic heterocycles. The van der Waals surface area contributed by atoms with Crippen molar-refractivity contribution in [3.8, 4) is 0 Å². The van der Waals surface area contributed by atoms with Gasteiger partial charge in [-0.25, -0.2) is 0 Å². The maximum absolute atomic E-state index is 6.11. The molecule has 0 spiro atoms. The molecule has 1 aromatic rings. The number of aromatic nitrogens is 1. The van der Waals surface area contributed by atoms with E-state index in [1.807, 2.05) is 12.3 Å². The van der Waals surface area contributed by atoms with Crippen LogP contribution in [0.1, 0.15) is 37.4 Å². The zero-order chi connectivity index (χ0) is 8.39. The van der Waals surface area contributed by atoms with Gasteiger partial charge in [0.2, 0.25) is 0 Å². The van der Waals surface area contributed by atoms with Crippen molar-refractivity contribution in [1.29, 1.82) is 0 Å². The van der Waals surface area contributed by atoms with Gasteiger partial charge in [0.05, 0.1) is 0 Å². The molecule has 2 nitrogen and oxygen atoms in total. The predicted molar refractivity (Wildman–Crippen MR) is 56.9 cm³/mol. The SMILES string of the molecule is Cl.N[C@@H](c1ccc[nH]1)C1CCCC1. The first-order valence-electron chi connectivity index (χ1n) is 4.77. The molecule has 74 valence electrons. The molecular formula is C10H17ClN2. The fourth-order valence-corrected chi connectivity index (χ4v) is 2.12. The van der Waals surface area contributed by atoms with Crippen molar-refractivity contribution < 1.29 is 0 Å². The third-order valence-corrected chi connectivity index (χ3v) is 2.89. The average molecular weight is 201 g/mol. The van der Waals surface area contributed by atoms with E-state index in [9.17, 15) is 0 Å². The summed E-state index contributed by atoms with van der Waals surface area (Å²) in [6, 6.07) is 4.34. The van der Waals surface area contributed by atoms with Crippen LogP contribution in [0.2, 0.25) is 0 Å². The summed E-state index contributed by atoms with van der Waals surface area (Å²) in [4.78, 5) is 3.19. The van der Waals surface area contributed by atoms with Crippen LogP contribution in [0.5, 0.6) is 0 Å². The van der Waals surface area contributed by atoms with Crippen molar-refractivity contribution in [3.05, 3.63) is 24.0 Å². The molecule has 0 amide bonds. The number of nitrogens with one attached hydrogen (secondary N) is 1. The second kappa shape index (κ2) is 4.68. The first-order chi connectivity index (χ1) is 5.88. The van der Waals surface area contributed by atoms with Gasteiger partial charge in [-0.15, -0.1) is 12.4 Å². The summed E-state index contributed by atoms with van der Waals surface area (Å²) in [7, 11) is 0. The second-order valence-corrected chi connectivity index (χ2v) is 3.70. The second-order valence-electron chi connectivity index (χ2n) is 3.70. The highest BCUT2D eigenvalue weighted by molar-refractivity contribution is 5.85. The average Bonchev–Trinajstić information content (AvgIpc) is 2.77. The number of nitrogens with two attached hydrogens (primary N) is 1. The van der Waals surface area contributed by atoms with E-state index in [1.54, 1.807) is 0 Å². The number of aromatic amines is 1. The molecule has 1 aromatic heterocycles. The van der Waals surface area contributed by atoms with E-state index >= 15 is 0 Å². The van der Waals surface area contributed by atoms with Crippen molar-refractivity contribution in [2.45, 2.75) is 31.7 Å². The monoisotopic (exact) mass is 200 g/mol. The standard InChI is InChI=1S/C10H16N2.ClH/c11-10(8-4-1-2-5-8)9-6-3-7-12-9;/h3,6-8,10,12H,1-2,4-5,11H2;1H/t10-;/m1./s1. The van der Waals surface area contributed by atoms with Gasteiger partial charge in [-0.3, -0.25) is 0 Å². The van der Waals surface area contributed by atoms with Crippen molar-refractivity contribution >= 4 is 12.4 Å². The summed E-state index contributed by atoms with van der Waals surface area (Å²) in [5.41, 5.74) is 7.31. The number of H-pyrrole nitrogens is 1. The third kappa shape index (κ3) is 2.26. The van der Waals surface area contributed by atoms with Gasteiger partial charge in [0.1, 0.15) is 0 Å². The van der Waals surface area contributed by atoms with Crippen molar-refractivity contribution in [1.82, 2.24) is 4.98 Å². The van der Waals surface area contributed by atoms with Crippen LogP contribution >= 0.6 is 12.4 Å². The number of hydrogen-bond donors (Lipinski definition) is 2. The van der Waals surface area contributed by atoms with E-state index in [2.05, 4.69) is 11.1 Å². The zero-order valence-corrected chi connectivity index (χ0v) is 8.52. The molecule has 0 aromatic carbocycles. The maximum atomic E-state index is 6.11. The first kappa shape index (κ1) is 10.6. The highest BCUT2D eigenvalue weighted by Gasteiger charge is 2.23. The van der Waals surface area contributed by atoms with E-state index in [4.69, 9.17) is 5.73 Å². The first-order valence-corrected chi connectivity index (χ1v) is 4.77. The Morgan fingerprint density at radius 3 is 2.62 bits per heavy atom. The Labute approximate surface area is 85.3 Å². The molecular weight excluding hydrogens is 184 g/mol. The molecule has 1 aliphatic carbocycles. The number of hydrogen-bond acceptors (Lipinski definition) is 1. The Morgan fingerprint density at radius 2 is 2.08 bits per heavy atom. The minimum absolute atomic E-state index is 0. The van der Waals surface area contributed by atoms with Crippen LogP contribution in [0.15, 0.2) is 18.3 Å². The van der Waals surface area contributed by atoms with E-state index in [-0.39, 0.29) is 18.4 Å². The Kier molecular flexibility index (Phi) is 3.82. The summed E-state index contributed by atoms with van der Waals surface area (Å²) < 4.78 is 0. The fourth-order valence-electron chi connectivity index (χ4n) is 2.12. The van der Waals surface area contributed by atoms with E-state index < -0.39 is 0 Å². The molecule has 3 N–H and O–H groups in total. The lowest BCUT2D eigenvalue weighted by atomic mass is 9.96. The molecule has 0 bridgehead atoms. The maximum Gasteiger partial charge on any atom is 0.0476 e. The topological polar surface area (TPSA) is 41.8 Å². The highest BCUT2D eigenvalue weighted by atomic mass is 35.5. The Balaban J connectivity index is 0.000000845. The molecule has 0 unspecified atom stereocenters. The molecule has 13 heavy (non-hydrogen) atoms. The van der Waals surface area contributed by atoms with Crippen LogP contribution in [-0.2, 0) is 0 Å². The largest absolute Gasteiger partial charge is 0.364 e. The number of rotatable bonds is 2. The van der Waals surface area contributed by atoms with Gasteiger partial charge in [0.15, 0.2) is 0 Å². The molecule has 1 fully saturated rings. The number of halogens is 1. The van der Waals surface area contributed by atoms with Gasteiger partial charge in [0.25, 0.3) is 0 Å². The minimum Gasteiger partial charge on any atom is -0.364 e. The fraction of sp³-hybridized carbons (Fsp3) is 0.600. The summed E-state index contributed by atoms with van der Waals surface area (Å²) in [5.74, 6) is 0.712. The Bertz CT molecular complexity index is 227. The van der Waals surface area contributed by atoms with Gasteiger partial charge in [-0.2, -0.15) is 0 Å². The molecule has 1 heterocycles.